The number of benzene rings is 3. The molecule has 1 nitrogen and oxygen atoms in total. The largest absolute Gasteiger partial charge is 0.507 e. The highest BCUT2D eigenvalue weighted by molar-refractivity contribution is 5.55. The van der Waals surface area contributed by atoms with E-state index in [1.807, 2.05) is 12.1 Å². The Bertz CT molecular complexity index is 817. The molecule has 1 heteroatoms. The van der Waals surface area contributed by atoms with Crippen LogP contribution in [0.15, 0.2) is 72.8 Å². The number of aromatic hydroxyl groups is 1. The van der Waals surface area contributed by atoms with Gasteiger partial charge in [0, 0.05) is 22.0 Å². The lowest BCUT2D eigenvalue weighted by molar-refractivity contribution is 0.433. The van der Waals surface area contributed by atoms with Crippen LogP contribution in [0.4, 0.5) is 0 Å². The maximum absolute atomic E-state index is 11.3. The maximum atomic E-state index is 11.3. The van der Waals surface area contributed by atoms with Crippen molar-refractivity contribution in [1.29, 1.82) is 0 Å². The van der Waals surface area contributed by atoms with Crippen LogP contribution >= 0.6 is 0 Å². The lowest BCUT2D eigenvalue weighted by Crippen LogP contribution is -2.24. The van der Waals surface area contributed by atoms with Gasteiger partial charge in [0.2, 0.25) is 0 Å². The highest BCUT2D eigenvalue weighted by atomic mass is 16.3. The van der Waals surface area contributed by atoms with Gasteiger partial charge in [-0.05, 0) is 18.1 Å². The molecule has 3 aromatic rings. The van der Waals surface area contributed by atoms with Gasteiger partial charge in [0.05, 0.1) is 0 Å². The zero-order valence-electron chi connectivity index (χ0n) is 16.4. The Morgan fingerprint density at radius 1 is 0.615 bits per heavy atom. The summed E-state index contributed by atoms with van der Waals surface area (Å²) in [7, 11) is 0. The molecule has 0 amide bonds. The molecule has 0 fully saturated rings. The average molecular weight is 344 g/mol. The van der Waals surface area contributed by atoms with Crippen molar-refractivity contribution in [2.75, 3.05) is 0 Å². The van der Waals surface area contributed by atoms with E-state index in [4.69, 9.17) is 0 Å². The molecule has 26 heavy (non-hydrogen) atoms. The highest BCUT2D eigenvalue weighted by Crippen LogP contribution is 2.44. The summed E-state index contributed by atoms with van der Waals surface area (Å²) in [4.78, 5) is 0. The van der Waals surface area contributed by atoms with Crippen molar-refractivity contribution in [3.8, 4) is 5.75 Å². The van der Waals surface area contributed by atoms with Crippen molar-refractivity contribution in [2.45, 2.75) is 45.4 Å². The Labute approximate surface area is 157 Å². The van der Waals surface area contributed by atoms with Crippen LogP contribution < -0.4 is 0 Å². The molecule has 0 radical (unpaired) electrons. The van der Waals surface area contributed by atoms with Gasteiger partial charge >= 0.3 is 0 Å². The SMILES string of the molecule is Cc1cc(C(C)(C)c2ccccc2)c(O)c(C(C)(C)c2ccccc2)c1. The molecule has 3 aromatic carbocycles. The van der Waals surface area contributed by atoms with Crippen molar-refractivity contribution in [3.63, 3.8) is 0 Å². The number of hydrogen-bond acceptors (Lipinski definition) is 1. The van der Waals surface area contributed by atoms with Gasteiger partial charge in [-0.3, -0.25) is 0 Å². The Morgan fingerprint density at radius 3 is 1.31 bits per heavy atom. The molecule has 0 atom stereocenters. The highest BCUT2D eigenvalue weighted by Gasteiger charge is 2.32. The molecule has 0 saturated heterocycles. The first-order chi connectivity index (χ1) is 12.2. The molecule has 0 aliphatic heterocycles. The summed E-state index contributed by atoms with van der Waals surface area (Å²) in [5.41, 5.74) is 4.96. The summed E-state index contributed by atoms with van der Waals surface area (Å²) in [6.07, 6.45) is 0. The molecule has 0 heterocycles. The van der Waals surface area contributed by atoms with Crippen molar-refractivity contribution < 1.29 is 5.11 Å². The first-order valence-corrected chi connectivity index (χ1v) is 9.20. The summed E-state index contributed by atoms with van der Waals surface area (Å²) in [6, 6.07) is 25.0. The second kappa shape index (κ2) is 6.64. The topological polar surface area (TPSA) is 20.2 Å². The normalized spacial score (nSPS) is 12.2. The molecule has 0 aliphatic carbocycles. The lowest BCUT2D eigenvalue weighted by atomic mass is 9.72. The molecule has 134 valence electrons. The monoisotopic (exact) mass is 344 g/mol. The van der Waals surface area contributed by atoms with E-state index in [1.165, 1.54) is 16.7 Å². The van der Waals surface area contributed by atoms with E-state index >= 15 is 0 Å². The number of hydrogen-bond donors (Lipinski definition) is 1. The van der Waals surface area contributed by atoms with E-state index in [9.17, 15) is 5.11 Å². The molecule has 0 unspecified atom stereocenters. The second-order valence-electron chi connectivity index (χ2n) is 8.19. The number of rotatable bonds is 4. The molecule has 0 aliphatic rings. The molecule has 3 rings (SSSR count). The molecule has 0 bridgehead atoms. The van der Waals surface area contributed by atoms with Gasteiger partial charge in [-0.1, -0.05) is 106 Å². The third-order valence-electron chi connectivity index (χ3n) is 5.59. The van der Waals surface area contributed by atoms with Crippen LogP contribution in [0, 0.1) is 6.92 Å². The van der Waals surface area contributed by atoms with Gasteiger partial charge in [-0.25, -0.2) is 0 Å². The number of phenols is 1. The first-order valence-electron chi connectivity index (χ1n) is 9.20. The van der Waals surface area contributed by atoms with Crippen LogP contribution in [0.25, 0.3) is 0 Å². The van der Waals surface area contributed by atoms with Gasteiger partial charge in [0.25, 0.3) is 0 Å². The summed E-state index contributed by atoms with van der Waals surface area (Å²) in [5.74, 6) is 0.401. The quantitative estimate of drug-likeness (QED) is 0.584. The van der Waals surface area contributed by atoms with Crippen LogP contribution in [0.3, 0.4) is 0 Å². The standard InChI is InChI=1S/C25H28O/c1-18-16-21(24(2,3)19-12-8-6-9-13-19)23(26)22(17-18)25(4,5)20-14-10-7-11-15-20/h6-17,26H,1-5H3. The third-order valence-corrected chi connectivity index (χ3v) is 5.59. The van der Waals surface area contributed by atoms with E-state index in [2.05, 4.69) is 95.3 Å². The zero-order valence-corrected chi connectivity index (χ0v) is 16.4. The Morgan fingerprint density at radius 2 is 0.962 bits per heavy atom. The Balaban J connectivity index is 2.19. The average Bonchev–Trinajstić information content (AvgIpc) is 2.64. The van der Waals surface area contributed by atoms with E-state index in [0.29, 0.717) is 5.75 Å². The first kappa shape index (κ1) is 18.3. The minimum absolute atomic E-state index is 0.279. The van der Waals surface area contributed by atoms with Gasteiger partial charge in [0.1, 0.15) is 5.75 Å². The van der Waals surface area contributed by atoms with E-state index < -0.39 is 0 Å². The zero-order chi connectivity index (χ0) is 18.9. The van der Waals surface area contributed by atoms with Crippen LogP contribution in [0.5, 0.6) is 5.75 Å². The van der Waals surface area contributed by atoms with Crippen molar-refractivity contribution >= 4 is 0 Å². The van der Waals surface area contributed by atoms with Gasteiger partial charge in [-0.2, -0.15) is 0 Å². The van der Waals surface area contributed by atoms with E-state index in [0.717, 1.165) is 11.1 Å². The number of phenolic OH excluding ortho intramolecular Hbond substituents is 1. The van der Waals surface area contributed by atoms with Crippen LogP contribution in [0.1, 0.15) is 55.5 Å². The molecule has 0 aromatic heterocycles. The predicted molar refractivity (Wildman–Crippen MR) is 110 cm³/mol. The summed E-state index contributed by atoms with van der Waals surface area (Å²) < 4.78 is 0. The summed E-state index contributed by atoms with van der Waals surface area (Å²) >= 11 is 0. The van der Waals surface area contributed by atoms with Crippen LogP contribution in [0.2, 0.25) is 0 Å². The fourth-order valence-electron chi connectivity index (χ4n) is 3.75. The predicted octanol–water partition coefficient (Wildman–Crippen LogP) is 6.35. The molecule has 0 saturated carbocycles. The lowest BCUT2D eigenvalue weighted by Gasteiger charge is -2.33. The van der Waals surface area contributed by atoms with Crippen molar-refractivity contribution in [3.05, 3.63) is 101 Å². The van der Waals surface area contributed by atoms with Crippen molar-refractivity contribution in [1.82, 2.24) is 0 Å². The molecule has 0 spiro atoms. The minimum atomic E-state index is -0.279. The molecule has 1 N–H and O–H groups in total. The van der Waals surface area contributed by atoms with Crippen LogP contribution in [-0.4, -0.2) is 5.11 Å². The second-order valence-corrected chi connectivity index (χ2v) is 8.19. The van der Waals surface area contributed by atoms with Crippen LogP contribution in [-0.2, 0) is 10.8 Å². The van der Waals surface area contributed by atoms with E-state index in [1.54, 1.807) is 0 Å². The van der Waals surface area contributed by atoms with Gasteiger partial charge < -0.3 is 5.11 Å². The van der Waals surface area contributed by atoms with Crippen molar-refractivity contribution in [2.24, 2.45) is 0 Å². The number of aryl methyl sites for hydroxylation is 1. The smallest absolute Gasteiger partial charge is 0.123 e. The van der Waals surface area contributed by atoms with E-state index in [-0.39, 0.29) is 10.8 Å². The maximum Gasteiger partial charge on any atom is 0.123 e. The fraction of sp³-hybridized carbons (Fsp3) is 0.280. The Kier molecular flexibility index (Phi) is 4.66. The van der Waals surface area contributed by atoms with Gasteiger partial charge in [0.15, 0.2) is 0 Å². The summed E-state index contributed by atoms with van der Waals surface area (Å²) in [5, 5.41) is 11.3. The fourth-order valence-corrected chi connectivity index (χ4v) is 3.75. The third kappa shape index (κ3) is 3.14. The van der Waals surface area contributed by atoms with Gasteiger partial charge in [-0.15, -0.1) is 0 Å². The minimum Gasteiger partial charge on any atom is -0.507 e. The molecular formula is C25H28O. The Hall–Kier alpha value is -2.54. The molecular weight excluding hydrogens is 316 g/mol. The summed E-state index contributed by atoms with van der Waals surface area (Å²) in [6.45, 7) is 10.8.